The van der Waals surface area contributed by atoms with Gasteiger partial charge < -0.3 is 10.2 Å². The van der Waals surface area contributed by atoms with E-state index >= 15 is 0 Å². The molecule has 24 heavy (non-hydrogen) atoms. The van der Waals surface area contributed by atoms with Crippen LogP contribution in [0.15, 0.2) is 30.6 Å². The van der Waals surface area contributed by atoms with Gasteiger partial charge >= 0.3 is 0 Å². The minimum Gasteiger partial charge on any atom is -0.357 e. The van der Waals surface area contributed by atoms with Gasteiger partial charge in [-0.1, -0.05) is 36.0 Å². The number of hydrogen-bond donors (Lipinski definition) is 1. The maximum absolute atomic E-state index is 12.4. The van der Waals surface area contributed by atoms with E-state index < -0.39 is 0 Å². The molecule has 1 aliphatic heterocycles. The van der Waals surface area contributed by atoms with Crippen LogP contribution in [0.3, 0.4) is 0 Å². The van der Waals surface area contributed by atoms with E-state index in [-0.39, 0.29) is 5.91 Å². The zero-order chi connectivity index (χ0) is 16.9. The molecule has 5 nitrogen and oxygen atoms in total. The van der Waals surface area contributed by atoms with Crippen molar-refractivity contribution in [2.24, 2.45) is 0 Å². The molecule has 0 atom stereocenters. The number of carbonyl (C=O) groups excluding carboxylic acids is 1. The van der Waals surface area contributed by atoms with E-state index in [0.29, 0.717) is 21.4 Å². The number of halogens is 2. The van der Waals surface area contributed by atoms with Crippen molar-refractivity contribution < 1.29 is 4.79 Å². The third-order valence-corrected chi connectivity index (χ3v) is 4.37. The van der Waals surface area contributed by atoms with Crippen molar-refractivity contribution in [3.05, 3.63) is 46.3 Å². The van der Waals surface area contributed by atoms with Crippen LogP contribution in [0.4, 0.5) is 11.5 Å². The summed E-state index contributed by atoms with van der Waals surface area (Å²) in [5.41, 5.74) is 0.854. The molecule has 0 saturated carbocycles. The van der Waals surface area contributed by atoms with Crippen molar-refractivity contribution in [1.29, 1.82) is 0 Å². The van der Waals surface area contributed by atoms with Crippen LogP contribution < -0.4 is 10.2 Å². The zero-order valence-corrected chi connectivity index (χ0v) is 14.6. The normalized spacial score (nSPS) is 15.0. The Bertz CT molecular complexity index is 710. The monoisotopic (exact) mass is 364 g/mol. The maximum atomic E-state index is 12.4. The number of nitrogens with zero attached hydrogens (tertiary/aromatic N) is 3. The lowest BCUT2D eigenvalue weighted by molar-refractivity contribution is 0.102. The fourth-order valence-corrected chi connectivity index (χ4v) is 3.29. The Morgan fingerprint density at radius 1 is 0.958 bits per heavy atom. The van der Waals surface area contributed by atoms with Gasteiger partial charge in [0, 0.05) is 34.9 Å². The summed E-state index contributed by atoms with van der Waals surface area (Å²) in [7, 11) is 0. The Morgan fingerprint density at radius 3 is 2.29 bits per heavy atom. The second-order valence-corrected chi connectivity index (χ2v) is 6.65. The quantitative estimate of drug-likeness (QED) is 0.875. The SMILES string of the molecule is O=C(Nc1cc(Cl)cc(Cl)c1)c1cc(N2CCCCCC2)ncn1. The van der Waals surface area contributed by atoms with Crippen molar-refractivity contribution in [1.82, 2.24) is 9.97 Å². The van der Waals surface area contributed by atoms with Crippen LogP contribution in [0.2, 0.25) is 10.0 Å². The number of amides is 1. The van der Waals surface area contributed by atoms with E-state index in [1.807, 2.05) is 0 Å². The summed E-state index contributed by atoms with van der Waals surface area (Å²) in [6.45, 7) is 1.92. The molecule has 126 valence electrons. The highest BCUT2D eigenvalue weighted by molar-refractivity contribution is 6.35. The third-order valence-electron chi connectivity index (χ3n) is 3.94. The minimum absolute atomic E-state index is 0.313. The Hall–Kier alpha value is -1.85. The summed E-state index contributed by atoms with van der Waals surface area (Å²) in [6.07, 6.45) is 6.20. The smallest absolute Gasteiger partial charge is 0.274 e. The third kappa shape index (κ3) is 4.36. The van der Waals surface area contributed by atoms with E-state index in [1.165, 1.54) is 19.2 Å². The summed E-state index contributed by atoms with van der Waals surface area (Å²) in [4.78, 5) is 23.0. The summed E-state index contributed by atoms with van der Waals surface area (Å²) in [5, 5.41) is 3.69. The lowest BCUT2D eigenvalue weighted by Crippen LogP contribution is -2.25. The second-order valence-electron chi connectivity index (χ2n) is 5.77. The molecule has 0 radical (unpaired) electrons. The fourth-order valence-electron chi connectivity index (χ4n) is 2.77. The summed E-state index contributed by atoms with van der Waals surface area (Å²) in [5.74, 6) is 0.480. The van der Waals surface area contributed by atoms with Crippen LogP contribution in [0, 0.1) is 0 Å². The van der Waals surface area contributed by atoms with Gasteiger partial charge in [0.05, 0.1) is 0 Å². The summed E-state index contributed by atoms with van der Waals surface area (Å²) < 4.78 is 0. The molecule has 7 heteroatoms. The van der Waals surface area contributed by atoms with Crippen molar-refractivity contribution in [2.45, 2.75) is 25.7 Å². The largest absolute Gasteiger partial charge is 0.357 e. The molecule has 1 aliphatic rings. The van der Waals surface area contributed by atoms with Crippen LogP contribution in [-0.2, 0) is 0 Å². The van der Waals surface area contributed by atoms with E-state index in [4.69, 9.17) is 23.2 Å². The zero-order valence-electron chi connectivity index (χ0n) is 13.1. The summed E-state index contributed by atoms with van der Waals surface area (Å²) in [6, 6.07) is 6.62. The van der Waals surface area contributed by atoms with E-state index in [2.05, 4.69) is 20.2 Å². The molecule has 1 amide bonds. The average molecular weight is 365 g/mol. The van der Waals surface area contributed by atoms with Gasteiger partial charge in [-0.25, -0.2) is 9.97 Å². The molecule has 1 N–H and O–H groups in total. The standard InChI is InChI=1S/C17H18Cl2N4O/c18-12-7-13(19)9-14(8-12)22-17(24)15-10-16(21-11-20-15)23-5-3-1-2-4-6-23/h7-11H,1-6H2,(H,22,24). The number of benzene rings is 1. The van der Waals surface area contributed by atoms with Gasteiger partial charge in [0.1, 0.15) is 17.8 Å². The van der Waals surface area contributed by atoms with E-state index in [9.17, 15) is 4.79 Å². The maximum Gasteiger partial charge on any atom is 0.274 e. The van der Waals surface area contributed by atoms with Gasteiger partial charge in [0.25, 0.3) is 5.91 Å². The van der Waals surface area contributed by atoms with Crippen molar-refractivity contribution in [2.75, 3.05) is 23.3 Å². The van der Waals surface area contributed by atoms with Gasteiger partial charge in [-0.2, -0.15) is 0 Å². The first kappa shape index (κ1) is 17.0. The number of rotatable bonds is 3. The van der Waals surface area contributed by atoms with Crippen molar-refractivity contribution in [3.63, 3.8) is 0 Å². The predicted octanol–water partition coefficient (Wildman–Crippen LogP) is 4.42. The highest BCUT2D eigenvalue weighted by Gasteiger charge is 2.15. The van der Waals surface area contributed by atoms with Gasteiger partial charge in [0.15, 0.2) is 0 Å². The van der Waals surface area contributed by atoms with Crippen LogP contribution >= 0.6 is 23.2 Å². The number of nitrogens with one attached hydrogen (secondary N) is 1. The Morgan fingerprint density at radius 2 is 1.62 bits per heavy atom. The summed E-state index contributed by atoms with van der Waals surface area (Å²) >= 11 is 11.9. The predicted molar refractivity (Wildman–Crippen MR) is 97.1 cm³/mol. The van der Waals surface area contributed by atoms with E-state index in [0.717, 1.165) is 31.7 Å². The average Bonchev–Trinajstić information content (AvgIpc) is 2.83. The Labute approximate surface area is 151 Å². The highest BCUT2D eigenvalue weighted by Crippen LogP contribution is 2.23. The number of aromatic nitrogens is 2. The molecule has 1 saturated heterocycles. The minimum atomic E-state index is -0.313. The first-order chi connectivity index (χ1) is 11.6. The molecule has 1 fully saturated rings. The molecule has 0 spiro atoms. The topological polar surface area (TPSA) is 58.1 Å². The molecule has 1 aromatic carbocycles. The molecule has 2 heterocycles. The van der Waals surface area contributed by atoms with Gasteiger partial charge in [0.2, 0.25) is 0 Å². The first-order valence-electron chi connectivity index (χ1n) is 7.96. The molecular formula is C17H18Cl2N4O. The van der Waals surface area contributed by atoms with Crippen LogP contribution in [0.5, 0.6) is 0 Å². The molecule has 3 rings (SSSR count). The fraction of sp³-hybridized carbons (Fsp3) is 0.353. The molecular weight excluding hydrogens is 347 g/mol. The second kappa shape index (κ2) is 7.81. The van der Waals surface area contributed by atoms with Crippen LogP contribution in [0.25, 0.3) is 0 Å². The Kier molecular flexibility index (Phi) is 5.53. The highest BCUT2D eigenvalue weighted by atomic mass is 35.5. The van der Waals surface area contributed by atoms with Crippen molar-refractivity contribution >= 4 is 40.6 Å². The Balaban J connectivity index is 1.76. The first-order valence-corrected chi connectivity index (χ1v) is 8.72. The molecule has 0 aliphatic carbocycles. The van der Waals surface area contributed by atoms with Crippen molar-refractivity contribution in [3.8, 4) is 0 Å². The molecule has 0 unspecified atom stereocenters. The van der Waals surface area contributed by atoms with E-state index in [1.54, 1.807) is 24.3 Å². The lowest BCUT2D eigenvalue weighted by atomic mass is 10.2. The van der Waals surface area contributed by atoms with Gasteiger partial charge in [-0.3, -0.25) is 4.79 Å². The number of anilines is 2. The molecule has 0 bridgehead atoms. The number of carbonyl (C=O) groups is 1. The van der Waals surface area contributed by atoms with Gasteiger partial charge in [-0.05, 0) is 31.0 Å². The van der Waals surface area contributed by atoms with Crippen LogP contribution in [-0.4, -0.2) is 29.0 Å². The molecule has 2 aromatic rings. The van der Waals surface area contributed by atoms with Crippen LogP contribution in [0.1, 0.15) is 36.2 Å². The number of hydrogen-bond acceptors (Lipinski definition) is 4. The lowest BCUT2D eigenvalue weighted by Gasteiger charge is -2.21. The van der Waals surface area contributed by atoms with Gasteiger partial charge in [-0.15, -0.1) is 0 Å². The molecule has 1 aromatic heterocycles.